The molecule has 122 valence electrons. The molecule has 2 amide bonds. The first kappa shape index (κ1) is 16.0. The van der Waals surface area contributed by atoms with Gasteiger partial charge in [0.15, 0.2) is 0 Å². The topological polar surface area (TPSA) is 109 Å². The zero-order chi connectivity index (χ0) is 17.3. The zero-order valence-electron chi connectivity index (χ0n) is 12.8. The summed E-state index contributed by atoms with van der Waals surface area (Å²) in [4.78, 5) is 34.0. The average molecular weight is 342 g/mol. The van der Waals surface area contributed by atoms with Crippen LogP contribution in [0.15, 0.2) is 35.4 Å². The molecule has 2 heterocycles. The van der Waals surface area contributed by atoms with Gasteiger partial charge in [-0.1, -0.05) is 18.2 Å². The van der Waals surface area contributed by atoms with Gasteiger partial charge in [0.05, 0.1) is 11.4 Å². The number of amides is 2. The number of carbonyl (C=O) groups excluding carboxylic acids is 2. The smallest absolute Gasteiger partial charge is 0.293 e. The molecule has 0 aliphatic carbocycles. The number of aromatic hydroxyl groups is 1. The first-order chi connectivity index (χ1) is 11.5. The van der Waals surface area contributed by atoms with Crippen LogP contribution in [0.4, 0.5) is 10.6 Å². The number of aryl methyl sites for hydroxylation is 1. The molecule has 0 unspecified atom stereocenters. The molecule has 3 N–H and O–H groups in total. The number of nitrogen functional groups attached to an aromatic ring is 1. The number of phenolic OH excluding ortho intramolecular Hbond substituents is 1. The van der Waals surface area contributed by atoms with Crippen LogP contribution in [0.3, 0.4) is 0 Å². The lowest BCUT2D eigenvalue weighted by atomic mass is 10.2. The van der Waals surface area contributed by atoms with Crippen LogP contribution < -0.4 is 5.73 Å². The SMILES string of the molecule is Cc1ncc(CN2C(=O)S/C(=C\c3ccccc3O)C2=O)c(N)n1. The van der Waals surface area contributed by atoms with Gasteiger partial charge in [0, 0.05) is 17.3 Å². The summed E-state index contributed by atoms with van der Waals surface area (Å²) < 4.78 is 0. The zero-order valence-corrected chi connectivity index (χ0v) is 13.6. The summed E-state index contributed by atoms with van der Waals surface area (Å²) in [5.41, 5.74) is 6.79. The fourth-order valence-corrected chi connectivity index (χ4v) is 3.02. The summed E-state index contributed by atoms with van der Waals surface area (Å²) in [5, 5.41) is 9.39. The highest BCUT2D eigenvalue weighted by Gasteiger charge is 2.35. The molecule has 1 fully saturated rings. The predicted octanol–water partition coefficient (Wildman–Crippen LogP) is 2.31. The molecular formula is C16H14N4O3S. The van der Waals surface area contributed by atoms with Crippen LogP contribution in [0.1, 0.15) is 17.0 Å². The Morgan fingerprint density at radius 3 is 2.79 bits per heavy atom. The van der Waals surface area contributed by atoms with E-state index in [0.717, 1.165) is 16.7 Å². The van der Waals surface area contributed by atoms with E-state index in [1.165, 1.54) is 18.3 Å². The Balaban J connectivity index is 1.85. The minimum atomic E-state index is -0.437. The Hall–Kier alpha value is -2.87. The lowest BCUT2D eigenvalue weighted by Gasteiger charge is -2.13. The number of anilines is 1. The summed E-state index contributed by atoms with van der Waals surface area (Å²) in [6.45, 7) is 1.71. The first-order valence-corrected chi connectivity index (χ1v) is 7.88. The minimum absolute atomic E-state index is 0.00882. The Bertz CT molecular complexity index is 866. The molecule has 1 aliphatic rings. The maximum atomic E-state index is 12.5. The fourth-order valence-electron chi connectivity index (χ4n) is 2.19. The van der Waals surface area contributed by atoms with E-state index in [4.69, 9.17) is 5.73 Å². The Morgan fingerprint density at radius 1 is 1.33 bits per heavy atom. The van der Waals surface area contributed by atoms with E-state index in [-0.39, 0.29) is 23.0 Å². The van der Waals surface area contributed by atoms with Gasteiger partial charge in [-0.25, -0.2) is 9.97 Å². The molecule has 0 bridgehead atoms. The quantitative estimate of drug-likeness (QED) is 0.824. The highest BCUT2D eigenvalue weighted by atomic mass is 32.2. The number of imide groups is 1. The third-order valence-electron chi connectivity index (χ3n) is 3.44. The molecule has 7 nitrogen and oxygen atoms in total. The van der Waals surface area contributed by atoms with Crippen molar-refractivity contribution in [3.63, 3.8) is 0 Å². The Morgan fingerprint density at radius 2 is 2.08 bits per heavy atom. The second kappa shape index (κ2) is 6.32. The van der Waals surface area contributed by atoms with E-state index in [1.807, 2.05) is 0 Å². The molecule has 3 rings (SSSR count). The lowest BCUT2D eigenvalue weighted by molar-refractivity contribution is -0.123. The highest BCUT2D eigenvalue weighted by molar-refractivity contribution is 8.18. The van der Waals surface area contributed by atoms with Crippen molar-refractivity contribution in [1.82, 2.24) is 14.9 Å². The molecule has 2 aromatic rings. The second-order valence-electron chi connectivity index (χ2n) is 5.15. The van der Waals surface area contributed by atoms with E-state index in [2.05, 4.69) is 9.97 Å². The number of phenols is 1. The first-order valence-electron chi connectivity index (χ1n) is 7.07. The number of nitrogens with zero attached hydrogens (tertiary/aromatic N) is 3. The monoisotopic (exact) mass is 342 g/mol. The molecule has 24 heavy (non-hydrogen) atoms. The molecule has 1 aliphatic heterocycles. The minimum Gasteiger partial charge on any atom is -0.507 e. The number of hydrogen-bond donors (Lipinski definition) is 2. The van der Waals surface area contributed by atoms with Gasteiger partial charge in [0.25, 0.3) is 11.1 Å². The fraction of sp³-hybridized carbons (Fsp3) is 0.125. The molecule has 0 saturated carbocycles. The Labute approximate surface area is 142 Å². The third kappa shape index (κ3) is 3.09. The second-order valence-corrected chi connectivity index (χ2v) is 6.15. The van der Waals surface area contributed by atoms with Crippen molar-refractivity contribution in [2.75, 3.05) is 5.73 Å². The van der Waals surface area contributed by atoms with Crippen molar-refractivity contribution in [2.24, 2.45) is 0 Å². The van der Waals surface area contributed by atoms with E-state index in [1.54, 1.807) is 25.1 Å². The van der Waals surface area contributed by atoms with Crippen molar-refractivity contribution < 1.29 is 14.7 Å². The number of carbonyl (C=O) groups is 2. The summed E-state index contributed by atoms with van der Waals surface area (Å²) in [6, 6.07) is 6.59. The molecule has 8 heteroatoms. The molecule has 1 saturated heterocycles. The summed E-state index contributed by atoms with van der Waals surface area (Å²) in [6.07, 6.45) is 3.00. The van der Waals surface area contributed by atoms with Crippen molar-refractivity contribution in [2.45, 2.75) is 13.5 Å². The van der Waals surface area contributed by atoms with Gasteiger partial charge < -0.3 is 10.8 Å². The van der Waals surface area contributed by atoms with Crippen LogP contribution >= 0.6 is 11.8 Å². The van der Waals surface area contributed by atoms with Gasteiger partial charge in [-0.05, 0) is 30.8 Å². The number of benzene rings is 1. The normalized spacial score (nSPS) is 16.2. The Kier molecular flexibility index (Phi) is 4.22. The highest BCUT2D eigenvalue weighted by Crippen LogP contribution is 2.34. The maximum Gasteiger partial charge on any atom is 0.293 e. The van der Waals surface area contributed by atoms with Gasteiger partial charge >= 0.3 is 0 Å². The number of nitrogens with two attached hydrogens (primary N) is 1. The summed E-state index contributed by atoms with van der Waals surface area (Å²) >= 11 is 0.819. The average Bonchev–Trinajstić information content (AvgIpc) is 2.79. The van der Waals surface area contributed by atoms with E-state index >= 15 is 0 Å². The largest absolute Gasteiger partial charge is 0.507 e. The molecule has 1 aromatic heterocycles. The van der Waals surface area contributed by atoms with Crippen molar-refractivity contribution in [3.8, 4) is 5.75 Å². The predicted molar refractivity (Wildman–Crippen MR) is 90.8 cm³/mol. The van der Waals surface area contributed by atoms with Crippen LogP contribution in [-0.4, -0.2) is 31.1 Å². The maximum absolute atomic E-state index is 12.5. The molecule has 0 atom stereocenters. The van der Waals surface area contributed by atoms with Crippen LogP contribution in [-0.2, 0) is 11.3 Å². The van der Waals surface area contributed by atoms with Gasteiger partial charge in [0.2, 0.25) is 0 Å². The van der Waals surface area contributed by atoms with Crippen molar-refractivity contribution in [3.05, 3.63) is 52.3 Å². The lowest BCUT2D eigenvalue weighted by Crippen LogP contribution is -2.28. The standard InChI is InChI=1S/C16H14N4O3S/c1-9-18-7-11(14(17)19-9)8-20-15(22)13(24-16(20)23)6-10-4-2-3-5-12(10)21/h2-7,21H,8H2,1H3,(H2,17,18,19)/b13-6-. The number of thioether (sulfide) groups is 1. The molecular weight excluding hydrogens is 328 g/mol. The van der Waals surface area contributed by atoms with Crippen molar-refractivity contribution in [1.29, 1.82) is 0 Å². The van der Waals surface area contributed by atoms with Crippen molar-refractivity contribution >= 4 is 34.8 Å². The number of aromatic nitrogens is 2. The van der Waals surface area contributed by atoms with E-state index < -0.39 is 11.1 Å². The van der Waals surface area contributed by atoms with E-state index in [0.29, 0.717) is 17.0 Å². The summed E-state index contributed by atoms with van der Waals surface area (Å²) in [7, 11) is 0. The molecule has 0 radical (unpaired) electrons. The van der Waals surface area contributed by atoms with Crippen LogP contribution in [0.2, 0.25) is 0 Å². The van der Waals surface area contributed by atoms with Gasteiger partial charge in [-0.2, -0.15) is 0 Å². The van der Waals surface area contributed by atoms with Crippen LogP contribution in [0.25, 0.3) is 6.08 Å². The van der Waals surface area contributed by atoms with Gasteiger partial charge in [-0.3, -0.25) is 14.5 Å². The van der Waals surface area contributed by atoms with Gasteiger partial charge in [0.1, 0.15) is 17.4 Å². The third-order valence-corrected chi connectivity index (χ3v) is 4.35. The summed E-state index contributed by atoms with van der Waals surface area (Å²) in [5.74, 6) is 0.366. The number of rotatable bonds is 3. The van der Waals surface area contributed by atoms with Crippen LogP contribution in [0.5, 0.6) is 5.75 Å². The number of para-hydroxylation sites is 1. The molecule has 1 aromatic carbocycles. The number of hydrogen-bond acceptors (Lipinski definition) is 7. The van der Waals surface area contributed by atoms with Gasteiger partial charge in [-0.15, -0.1) is 0 Å². The molecule has 0 spiro atoms. The van der Waals surface area contributed by atoms with Crippen LogP contribution in [0, 0.1) is 6.92 Å². The van der Waals surface area contributed by atoms with E-state index in [9.17, 15) is 14.7 Å².